The molecule has 1 aliphatic rings. The third kappa shape index (κ3) is 4.68. The van der Waals surface area contributed by atoms with E-state index in [9.17, 15) is 22.8 Å². The molecule has 1 aromatic rings. The van der Waals surface area contributed by atoms with Crippen molar-refractivity contribution in [3.8, 4) is 0 Å². The Hall–Kier alpha value is -2.46. The fraction of sp³-hybridized carbons (Fsp3) is 0.500. The van der Waals surface area contributed by atoms with Gasteiger partial charge in [0.05, 0.1) is 37.4 Å². The minimum atomic E-state index is -4.06. The Morgan fingerprint density at radius 2 is 1.61 bits per heavy atom. The van der Waals surface area contributed by atoms with Crippen LogP contribution in [-0.4, -0.2) is 65.0 Å². The highest BCUT2D eigenvalue weighted by Crippen LogP contribution is 2.28. The van der Waals surface area contributed by atoms with Gasteiger partial charge in [-0.25, -0.2) is 18.0 Å². The summed E-state index contributed by atoms with van der Waals surface area (Å²) in [6, 6.07) is 3.66. The number of nitrogens with zero attached hydrogens (tertiary/aromatic N) is 1. The lowest BCUT2D eigenvalue weighted by Crippen LogP contribution is -2.39. The van der Waals surface area contributed by atoms with Crippen LogP contribution in [0.5, 0.6) is 0 Å². The van der Waals surface area contributed by atoms with E-state index in [4.69, 9.17) is 0 Å². The average Bonchev–Trinajstić information content (AvgIpc) is 2.72. The van der Waals surface area contributed by atoms with Crippen molar-refractivity contribution in [2.24, 2.45) is 5.92 Å². The van der Waals surface area contributed by atoms with Gasteiger partial charge < -0.3 is 14.2 Å². The lowest BCUT2D eigenvalue weighted by molar-refractivity contribution is -0.142. The number of hydrogen-bond donors (Lipinski definition) is 0. The summed E-state index contributed by atoms with van der Waals surface area (Å²) in [6.45, 7) is 0.375. The highest BCUT2D eigenvalue weighted by atomic mass is 32.2. The maximum absolute atomic E-state index is 13.2. The topological polar surface area (TPSA) is 116 Å². The number of benzene rings is 1. The quantitative estimate of drug-likeness (QED) is 0.505. The van der Waals surface area contributed by atoms with E-state index >= 15 is 0 Å². The lowest BCUT2D eigenvalue weighted by Gasteiger charge is -2.31. The van der Waals surface area contributed by atoms with Gasteiger partial charge in [-0.2, -0.15) is 4.31 Å². The molecule has 0 atom stereocenters. The van der Waals surface area contributed by atoms with Crippen molar-refractivity contribution in [1.82, 2.24) is 4.31 Å². The molecular formula is C18H23NO8S. The van der Waals surface area contributed by atoms with Crippen molar-refractivity contribution in [1.29, 1.82) is 0 Å². The predicted molar refractivity (Wildman–Crippen MR) is 97.2 cm³/mol. The number of piperidine rings is 1. The van der Waals surface area contributed by atoms with Crippen LogP contribution < -0.4 is 0 Å². The Morgan fingerprint density at radius 3 is 2.14 bits per heavy atom. The molecule has 1 saturated heterocycles. The number of carbonyl (C=O) groups excluding carboxylic acids is 3. The molecule has 0 unspecified atom stereocenters. The van der Waals surface area contributed by atoms with E-state index < -0.39 is 22.0 Å². The zero-order valence-electron chi connectivity index (χ0n) is 16.0. The lowest BCUT2D eigenvalue weighted by atomic mass is 9.95. The first kappa shape index (κ1) is 21.8. The van der Waals surface area contributed by atoms with Crippen LogP contribution in [-0.2, 0) is 29.0 Å². The largest absolute Gasteiger partial charge is 0.469 e. The first-order valence-electron chi connectivity index (χ1n) is 8.62. The highest BCUT2D eigenvalue weighted by molar-refractivity contribution is 7.89. The van der Waals surface area contributed by atoms with Crippen molar-refractivity contribution >= 4 is 27.9 Å². The number of rotatable bonds is 6. The van der Waals surface area contributed by atoms with E-state index in [1.807, 2.05) is 0 Å². The van der Waals surface area contributed by atoms with Crippen LogP contribution in [0.25, 0.3) is 0 Å². The fourth-order valence-electron chi connectivity index (χ4n) is 3.07. The van der Waals surface area contributed by atoms with Crippen molar-refractivity contribution in [3.63, 3.8) is 0 Å². The molecule has 1 aliphatic heterocycles. The van der Waals surface area contributed by atoms with Gasteiger partial charge in [-0.3, -0.25) is 4.79 Å². The summed E-state index contributed by atoms with van der Waals surface area (Å²) in [5.74, 6) is -1.85. The molecule has 0 spiro atoms. The van der Waals surface area contributed by atoms with E-state index in [1.54, 1.807) is 0 Å². The van der Waals surface area contributed by atoms with Crippen molar-refractivity contribution in [2.45, 2.75) is 24.2 Å². The number of hydrogen-bond acceptors (Lipinski definition) is 8. The predicted octanol–water partition coefficient (Wildman–Crippen LogP) is 1.22. The molecule has 2 rings (SSSR count). The molecule has 1 heterocycles. The Kier molecular flexibility index (Phi) is 7.14. The SMILES string of the molecule is COC(=O)CC1CCN(S(=O)(=O)c2cc(C(=O)OC)ccc2C(=O)OC)CC1. The molecule has 0 radical (unpaired) electrons. The number of ether oxygens (including phenoxy) is 3. The summed E-state index contributed by atoms with van der Waals surface area (Å²) in [5.41, 5.74) is -0.152. The van der Waals surface area contributed by atoms with Gasteiger partial charge in [0.1, 0.15) is 0 Å². The fourth-order valence-corrected chi connectivity index (χ4v) is 4.75. The molecule has 0 bridgehead atoms. The maximum Gasteiger partial charge on any atom is 0.339 e. The molecule has 9 nitrogen and oxygen atoms in total. The molecule has 0 aliphatic carbocycles. The van der Waals surface area contributed by atoms with Gasteiger partial charge in [0.25, 0.3) is 0 Å². The maximum atomic E-state index is 13.2. The molecule has 0 amide bonds. The van der Waals surface area contributed by atoms with Crippen LogP contribution in [0, 0.1) is 5.92 Å². The third-order valence-corrected chi connectivity index (χ3v) is 6.62. The van der Waals surface area contributed by atoms with E-state index in [0.717, 1.165) is 13.2 Å². The van der Waals surface area contributed by atoms with E-state index in [2.05, 4.69) is 14.2 Å². The van der Waals surface area contributed by atoms with Gasteiger partial charge in [0.2, 0.25) is 10.0 Å². The van der Waals surface area contributed by atoms with Crippen LogP contribution >= 0.6 is 0 Å². The normalized spacial score (nSPS) is 15.7. The van der Waals surface area contributed by atoms with Crippen LogP contribution in [0.4, 0.5) is 0 Å². The molecule has 1 fully saturated rings. The monoisotopic (exact) mass is 413 g/mol. The molecule has 0 N–H and O–H groups in total. The summed E-state index contributed by atoms with van der Waals surface area (Å²) >= 11 is 0. The molecule has 10 heteroatoms. The summed E-state index contributed by atoms with van der Waals surface area (Å²) in [7, 11) is -0.429. The van der Waals surface area contributed by atoms with Crippen LogP contribution in [0.2, 0.25) is 0 Å². The summed E-state index contributed by atoms with van der Waals surface area (Å²) in [4.78, 5) is 35.0. The Morgan fingerprint density at radius 1 is 1.00 bits per heavy atom. The Bertz CT molecular complexity index is 856. The van der Waals surface area contributed by atoms with Crippen molar-refractivity contribution in [2.75, 3.05) is 34.4 Å². The van der Waals surface area contributed by atoms with Crippen LogP contribution in [0.3, 0.4) is 0 Å². The zero-order valence-corrected chi connectivity index (χ0v) is 16.8. The van der Waals surface area contributed by atoms with Crippen LogP contribution in [0.15, 0.2) is 23.1 Å². The van der Waals surface area contributed by atoms with E-state index in [1.165, 1.54) is 30.7 Å². The summed E-state index contributed by atoms with van der Waals surface area (Å²) in [5, 5.41) is 0. The van der Waals surface area contributed by atoms with E-state index in [0.29, 0.717) is 12.8 Å². The van der Waals surface area contributed by atoms with Crippen molar-refractivity contribution < 1.29 is 37.0 Å². The Labute approximate surface area is 163 Å². The van der Waals surface area contributed by atoms with Gasteiger partial charge in [0.15, 0.2) is 0 Å². The first-order chi connectivity index (χ1) is 13.2. The number of esters is 3. The molecule has 0 saturated carbocycles. The zero-order chi connectivity index (χ0) is 20.9. The number of sulfonamides is 1. The third-order valence-electron chi connectivity index (χ3n) is 4.68. The second kappa shape index (κ2) is 9.16. The second-order valence-corrected chi connectivity index (χ2v) is 8.23. The average molecular weight is 413 g/mol. The number of carbonyl (C=O) groups is 3. The minimum absolute atomic E-state index is 0.00862. The van der Waals surface area contributed by atoms with Gasteiger partial charge in [-0.05, 0) is 37.0 Å². The molecule has 28 heavy (non-hydrogen) atoms. The van der Waals surface area contributed by atoms with Gasteiger partial charge >= 0.3 is 17.9 Å². The number of methoxy groups -OCH3 is 3. The Balaban J connectivity index is 2.32. The highest BCUT2D eigenvalue weighted by Gasteiger charge is 2.34. The van der Waals surface area contributed by atoms with Gasteiger partial charge in [-0.1, -0.05) is 0 Å². The van der Waals surface area contributed by atoms with Gasteiger partial charge in [-0.15, -0.1) is 0 Å². The van der Waals surface area contributed by atoms with Crippen molar-refractivity contribution in [3.05, 3.63) is 29.3 Å². The molecule has 0 aromatic heterocycles. The standard InChI is InChI=1S/C18H23NO8S/c1-25-16(20)10-12-6-8-19(9-7-12)28(23,24)15-11-13(17(21)26-2)4-5-14(15)18(22)27-3/h4-5,11-12H,6-10H2,1-3H3. The minimum Gasteiger partial charge on any atom is -0.469 e. The van der Waals surface area contributed by atoms with E-state index in [-0.39, 0.29) is 47.4 Å². The smallest absolute Gasteiger partial charge is 0.339 e. The first-order valence-corrected chi connectivity index (χ1v) is 10.1. The summed E-state index contributed by atoms with van der Waals surface area (Å²) < 4.78 is 41.5. The van der Waals surface area contributed by atoms with Gasteiger partial charge in [0, 0.05) is 19.5 Å². The molecule has 1 aromatic carbocycles. The molecule has 154 valence electrons. The molecular weight excluding hydrogens is 390 g/mol. The summed E-state index contributed by atoms with van der Waals surface area (Å²) in [6.07, 6.45) is 1.20. The van der Waals surface area contributed by atoms with Crippen LogP contribution in [0.1, 0.15) is 40.0 Å². The second-order valence-electron chi connectivity index (χ2n) is 6.32.